The SMILES string of the molecule is CC1(CNC(=O)Cn2ccc(N)n2)CC1. The van der Waals surface area contributed by atoms with E-state index in [1.54, 1.807) is 16.9 Å². The van der Waals surface area contributed by atoms with Gasteiger partial charge in [-0.1, -0.05) is 6.92 Å². The minimum absolute atomic E-state index is 0.00812. The Morgan fingerprint density at radius 1 is 1.73 bits per heavy atom. The summed E-state index contributed by atoms with van der Waals surface area (Å²) in [5.74, 6) is 0.433. The molecular weight excluding hydrogens is 192 g/mol. The first-order valence-electron chi connectivity index (χ1n) is 5.13. The maximum Gasteiger partial charge on any atom is 0.241 e. The van der Waals surface area contributed by atoms with E-state index in [0.29, 0.717) is 11.2 Å². The van der Waals surface area contributed by atoms with Crippen LogP contribution in [0.5, 0.6) is 0 Å². The number of nitrogens with two attached hydrogens (primary N) is 1. The Bertz CT molecular complexity index is 367. The number of aromatic nitrogens is 2. The zero-order chi connectivity index (χ0) is 10.9. The molecule has 1 aromatic heterocycles. The lowest BCUT2D eigenvalue weighted by Crippen LogP contribution is -2.32. The third-order valence-corrected chi connectivity index (χ3v) is 2.78. The lowest BCUT2D eigenvalue weighted by atomic mass is 10.1. The number of rotatable bonds is 4. The van der Waals surface area contributed by atoms with Crippen LogP contribution in [-0.2, 0) is 11.3 Å². The zero-order valence-electron chi connectivity index (χ0n) is 8.86. The summed E-state index contributed by atoms with van der Waals surface area (Å²) in [5, 5.41) is 6.85. The highest BCUT2D eigenvalue weighted by molar-refractivity contribution is 5.75. The molecular formula is C10H16N4O. The summed E-state index contributed by atoms with van der Waals surface area (Å²) < 4.78 is 1.54. The van der Waals surface area contributed by atoms with Gasteiger partial charge in [0.2, 0.25) is 5.91 Å². The van der Waals surface area contributed by atoms with Gasteiger partial charge in [0.25, 0.3) is 0 Å². The van der Waals surface area contributed by atoms with Crippen molar-refractivity contribution in [3.63, 3.8) is 0 Å². The molecule has 82 valence electrons. The summed E-state index contributed by atoms with van der Waals surface area (Å²) in [6.45, 7) is 3.19. The molecule has 5 nitrogen and oxygen atoms in total. The van der Waals surface area contributed by atoms with Crippen LogP contribution in [0.2, 0.25) is 0 Å². The van der Waals surface area contributed by atoms with Gasteiger partial charge in [-0.15, -0.1) is 0 Å². The third kappa shape index (κ3) is 2.71. The Labute approximate surface area is 88.6 Å². The molecule has 0 saturated heterocycles. The van der Waals surface area contributed by atoms with Crippen molar-refractivity contribution in [2.24, 2.45) is 5.41 Å². The van der Waals surface area contributed by atoms with Crippen LogP contribution in [0.15, 0.2) is 12.3 Å². The van der Waals surface area contributed by atoms with E-state index in [1.807, 2.05) is 0 Å². The monoisotopic (exact) mass is 208 g/mol. The molecule has 1 amide bonds. The molecule has 15 heavy (non-hydrogen) atoms. The van der Waals surface area contributed by atoms with Crippen LogP contribution in [0.1, 0.15) is 19.8 Å². The molecule has 0 unspecified atom stereocenters. The van der Waals surface area contributed by atoms with Gasteiger partial charge in [0.05, 0.1) is 0 Å². The first-order valence-corrected chi connectivity index (χ1v) is 5.13. The average Bonchev–Trinajstić information content (AvgIpc) is 2.78. The van der Waals surface area contributed by atoms with Crippen molar-refractivity contribution in [1.29, 1.82) is 0 Å². The fraction of sp³-hybridized carbons (Fsp3) is 0.600. The fourth-order valence-electron chi connectivity index (χ4n) is 1.37. The fourth-order valence-corrected chi connectivity index (χ4v) is 1.37. The molecule has 0 spiro atoms. The van der Waals surface area contributed by atoms with Crippen molar-refractivity contribution in [1.82, 2.24) is 15.1 Å². The lowest BCUT2D eigenvalue weighted by molar-refractivity contribution is -0.122. The molecule has 0 bridgehead atoms. The highest BCUT2D eigenvalue weighted by Crippen LogP contribution is 2.43. The molecule has 1 aliphatic carbocycles. The number of carbonyl (C=O) groups excluding carboxylic acids is 1. The van der Waals surface area contributed by atoms with E-state index in [1.165, 1.54) is 12.8 Å². The van der Waals surface area contributed by atoms with E-state index in [4.69, 9.17) is 5.73 Å². The third-order valence-electron chi connectivity index (χ3n) is 2.78. The highest BCUT2D eigenvalue weighted by Gasteiger charge is 2.37. The van der Waals surface area contributed by atoms with Crippen LogP contribution in [0.3, 0.4) is 0 Å². The van der Waals surface area contributed by atoms with Crippen LogP contribution in [0, 0.1) is 5.41 Å². The van der Waals surface area contributed by atoms with Gasteiger partial charge in [0.1, 0.15) is 12.4 Å². The number of nitrogen functional groups attached to an aromatic ring is 1. The summed E-state index contributed by atoms with van der Waals surface area (Å²) in [5.41, 5.74) is 5.79. The average molecular weight is 208 g/mol. The first-order chi connectivity index (χ1) is 7.07. The van der Waals surface area contributed by atoms with Crippen LogP contribution in [0.4, 0.5) is 5.82 Å². The Morgan fingerprint density at radius 2 is 2.47 bits per heavy atom. The standard InChI is InChI=1S/C10H16N4O/c1-10(3-4-10)7-12-9(15)6-14-5-2-8(11)13-14/h2,5H,3-4,6-7H2,1H3,(H2,11,13)(H,12,15). The van der Waals surface area contributed by atoms with E-state index >= 15 is 0 Å². The van der Waals surface area contributed by atoms with Gasteiger partial charge in [-0.25, -0.2) is 0 Å². The van der Waals surface area contributed by atoms with E-state index in [9.17, 15) is 4.79 Å². The second-order valence-electron chi connectivity index (χ2n) is 4.53. The minimum Gasteiger partial charge on any atom is -0.382 e. The Kier molecular flexibility index (Phi) is 2.38. The molecule has 2 rings (SSSR count). The Hall–Kier alpha value is -1.52. The van der Waals surface area contributed by atoms with Crippen LogP contribution in [0.25, 0.3) is 0 Å². The van der Waals surface area contributed by atoms with Crippen molar-refractivity contribution in [2.75, 3.05) is 12.3 Å². The predicted molar refractivity (Wildman–Crippen MR) is 57.0 cm³/mol. The van der Waals surface area contributed by atoms with Crippen LogP contribution < -0.4 is 11.1 Å². The van der Waals surface area contributed by atoms with E-state index in [2.05, 4.69) is 17.3 Å². The number of anilines is 1. The van der Waals surface area contributed by atoms with Crippen molar-refractivity contribution in [3.8, 4) is 0 Å². The van der Waals surface area contributed by atoms with Gasteiger partial charge >= 0.3 is 0 Å². The van der Waals surface area contributed by atoms with Gasteiger partial charge in [0, 0.05) is 12.7 Å². The van der Waals surface area contributed by atoms with Gasteiger partial charge in [-0.3, -0.25) is 9.48 Å². The van der Waals surface area contributed by atoms with Crippen molar-refractivity contribution >= 4 is 11.7 Å². The highest BCUT2D eigenvalue weighted by atomic mass is 16.2. The summed E-state index contributed by atoms with van der Waals surface area (Å²) in [4.78, 5) is 11.5. The van der Waals surface area contributed by atoms with E-state index in [-0.39, 0.29) is 12.5 Å². The molecule has 0 atom stereocenters. The molecule has 1 aliphatic rings. The maximum absolute atomic E-state index is 11.5. The van der Waals surface area contributed by atoms with Crippen LogP contribution in [-0.4, -0.2) is 22.2 Å². The van der Waals surface area contributed by atoms with Gasteiger partial charge in [-0.2, -0.15) is 5.10 Å². The molecule has 3 N–H and O–H groups in total. The predicted octanol–water partition coefficient (Wildman–Crippen LogP) is 0.382. The number of hydrogen-bond donors (Lipinski definition) is 2. The minimum atomic E-state index is -0.00812. The number of carbonyl (C=O) groups is 1. The molecule has 0 aromatic carbocycles. The molecule has 1 fully saturated rings. The number of nitrogens with one attached hydrogen (secondary N) is 1. The first kappa shape index (κ1) is 10.0. The van der Waals surface area contributed by atoms with Crippen LogP contribution >= 0.6 is 0 Å². The van der Waals surface area contributed by atoms with Gasteiger partial charge in [-0.05, 0) is 24.3 Å². The molecule has 0 radical (unpaired) electrons. The maximum atomic E-state index is 11.5. The molecule has 1 aromatic rings. The molecule has 1 saturated carbocycles. The zero-order valence-corrected chi connectivity index (χ0v) is 8.86. The summed E-state index contributed by atoms with van der Waals surface area (Å²) >= 11 is 0. The topological polar surface area (TPSA) is 72.9 Å². The summed E-state index contributed by atoms with van der Waals surface area (Å²) in [6.07, 6.45) is 4.12. The van der Waals surface area contributed by atoms with Crippen molar-refractivity contribution in [3.05, 3.63) is 12.3 Å². The van der Waals surface area contributed by atoms with Gasteiger partial charge in [0.15, 0.2) is 0 Å². The van der Waals surface area contributed by atoms with E-state index < -0.39 is 0 Å². The Morgan fingerprint density at radius 3 is 3.00 bits per heavy atom. The van der Waals surface area contributed by atoms with Crippen molar-refractivity contribution < 1.29 is 4.79 Å². The number of amides is 1. The quantitative estimate of drug-likeness (QED) is 0.751. The second kappa shape index (κ2) is 3.56. The molecule has 0 aliphatic heterocycles. The number of hydrogen-bond acceptors (Lipinski definition) is 3. The van der Waals surface area contributed by atoms with E-state index in [0.717, 1.165) is 6.54 Å². The van der Waals surface area contributed by atoms with Crippen molar-refractivity contribution in [2.45, 2.75) is 26.3 Å². The normalized spacial score (nSPS) is 17.4. The lowest BCUT2D eigenvalue weighted by Gasteiger charge is -2.09. The summed E-state index contributed by atoms with van der Waals surface area (Å²) in [6, 6.07) is 1.68. The Balaban J connectivity index is 1.77. The largest absolute Gasteiger partial charge is 0.382 e. The summed E-state index contributed by atoms with van der Waals surface area (Å²) in [7, 11) is 0. The molecule has 5 heteroatoms. The number of nitrogens with zero attached hydrogens (tertiary/aromatic N) is 2. The molecule has 1 heterocycles. The smallest absolute Gasteiger partial charge is 0.241 e. The second-order valence-corrected chi connectivity index (χ2v) is 4.53. The van der Waals surface area contributed by atoms with Gasteiger partial charge < -0.3 is 11.1 Å².